The molecule has 124 valence electrons. The summed E-state index contributed by atoms with van der Waals surface area (Å²) in [5.41, 5.74) is 3.70. The highest BCUT2D eigenvalue weighted by atomic mass is 16.5. The second-order valence-electron chi connectivity index (χ2n) is 6.34. The second-order valence-corrected chi connectivity index (χ2v) is 6.34. The van der Waals surface area contributed by atoms with Crippen LogP contribution in [0.3, 0.4) is 0 Å². The lowest BCUT2D eigenvalue weighted by atomic mass is 10.0. The van der Waals surface area contributed by atoms with Crippen LogP contribution in [0.5, 0.6) is 5.75 Å². The van der Waals surface area contributed by atoms with Crippen LogP contribution in [0.1, 0.15) is 18.4 Å². The van der Waals surface area contributed by atoms with E-state index in [1.807, 2.05) is 18.5 Å². The minimum Gasteiger partial charge on any atom is -0.494 e. The fraction of sp³-hybridized carbons (Fsp3) is 0.238. The molecule has 2 aromatic carbocycles. The topological polar surface area (TPSA) is 50.8 Å². The zero-order valence-corrected chi connectivity index (χ0v) is 14.4. The molecule has 0 aliphatic heterocycles. The van der Waals surface area contributed by atoms with E-state index in [0.717, 1.165) is 17.6 Å². The van der Waals surface area contributed by atoms with Gasteiger partial charge in [0.1, 0.15) is 5.75 Å². The average Bonchev–Trinajstić information content (AvgIpc) is 2.91. The molecule has 0 aliphatic carbocycles. The summed E-state index contributed by atoms with van der Waals surface area (Å²) in [5.74, 6) is 0.849. The van der Waals surface area contributed by atoms with E-state index >= 15 is 0 Å². The maximum atomic E-state index is 8.63. The Hall–Kier alpha value is -3.06. The molecule has 0 atom stereocenters. The Morgan fingerprint density at radius 1 is 1.16 bits per heavy atom. The van der Waals surface area contributed by atoms with E-state index in [0.29, 0.717) is 13.0 Å². The normalized spacial score (nSPS) is 11.2. The van der Waals surface area contributed by atoms with Gasteiger partial charge in [-0.1, -0.05) is 0 Å². The van der Waals surface area contributed by atoms with Gasteiger partial charge in [0.2, 0.25) is 0 Å². The molecule has 2 aromatic heterocycles. The first kappa shape index (κ1) is 15.5. The van der Waals surface area contributed by atoms with Gasteiger partial charge in [-0.2, -0.15) is 5.26 Å². The van der Waals surface area contributed by atoms with Crippen LogP contribution in [0.15, 0.2) is 42.7 Å². The molecule has 0 radical (unpaired) electrons. The number of aromatic nitrogens is 2. The summed E-state index contributed by atoms with van der Waals surface area (Å²) in [6, 6.07) is 12.7. The van der Waals surface area contributed by atoms with Gasteiger partial charge in [0.05, 0.1) is 18.2 Å². The lowest BCUT2D eigenvalue weighted by Crippen LogP contribution is -1.96. The van der Waals surface area contributed by atoms with Crippen LogP contribution in [0.25, 0.3) is 32.6 Å². The van der Waals surface area contributed by atoms with Crippen LogP contribution in [0, 0.1) is 18.3 Å². The van der Waals surface area contributed by atoms with Crippen LogP contribution in [0.4, 0.5) is 0 Å². The maximum Gasteiger partial charge on any atom is 0.120 e. The number of nitrogens with zero attached hydrogens (tertiary/aromatic N) is 3. The Labute approximate surface area is 146 Å². The highest BCUT2D eigenvalue weighted by Crippen LogP contribution is 2.36. The molecule has 0 spiro atoms. The molecule has 0 unspecified atom stereocenters. The van der Waals surface area contributed by atoms with Gasteiger partial charge < -0.3 is 9.30 Å². The predicted octanol–water partition coefficient (Wildman–Crippen LogP) is 4.87. The third-order valence-corrected chi connectivity index (χ3v) is 4.82. The van der Waals surface area contributed by atoms with Gasteiger partial charge in [-0.25, -0.2) is 0 Å². The number of ether oxygens (including phenoxy) is 1. The second kappa shape index (κ2) is 6.10. The fourth-order valence-electron chi connectivity index (χ4n) is 3.63. The van der Waals surface area contributed by atoms with Crippen molar-refractivity contribution in [2.45, 2.75) is 19.8 Å². The Morgan fingerprint density at radius 2 is 2.04 bits per heavy atom. The van der Waals surface area contributed by atoms with Crippen LogP contribution in [-0.2, 0) is 7.05 Å². The molecule has 4 aromatic rings. The van der Waals surface area contributed by atoms with Crippen molar-refractivity contribution >= 4 is 32.6 Å². The molecular formula is C21H19N3O. The van der Waals surface area contributed by atoms with E-state index in [2.05, 4.69) is 53.9 Å². The first-order chi connectivity index (χ1) is 12.2. The fourth-order valence-corrected chi connectivity index (χ4v) is 3.63. The highest BCUT2D eigenvalue weighted by Gasteiger charge is 2.13. The summed E-state index contributed by atoms with van der Waals surface area (Å²) < 4.78 is 8.07. The molecule has 0 aliphatic rings. The Bertz CT molecular complexity index is 1130. The predicted molar refractivity (Wildman–Crippen MR) is 101 cm³/mol. The molecule has 0 bridgehead atoms. The Balaban J connectivity index is 1.90. The lowest BCUT2D eigenvalue weighted by Gasteiger charge is -2.06. The number of hydrogen-bond donors (Lipinski definition) is 0. The largest absolute Gasteiger partial charge is 0.494 e. The zero-order chi connectivity index (χ0) is 17.4. The monoisotopic (exact) mass is 329 g/mol. The van der Waals surface area contributed by atoms with Gasteiger partial charge in [-0.15, -0.1) is 0 Å². The third kappa shape index (κ3) is 2.49. The van der Waals surface area contributed by atoms with Gasteiger partial charge in [-0.3, -0.25) is 4.98 Å². The van der Waals surface area contributed by atoms with Crippen molar-refractivity contribution in [2.75, 3.05) is 6.61 Å². The molecule has 0 saturated heterocycles. The van der Waals surface area contributed by atoms with Gasteiger partial charge >= 0.3 is 0 Å². The van der Waals surface area contributed by atoms with Crippen molar-refractivity contribution in [1.82, 2.24) is 9.55 Å². The molecule has 2 heterocycles. The van der Waals surface area contributed by atoms with Gasteiger partial charge in [0, 0.05) is 47.5 Å². The van der Waals surface area contributed by atoms with Crippen molar-refractivity contribution in [3.63, 3.8) is 0 Å². The first-order valence-electron chi connectivity index (χ1n) is 8.46. The van der Waals surface area contributed by atoms with Gasteiger partial charge in [0.15, 0.2) is 0 Å². The third-order valence-electron chi connectivity index (χ3n) is 4.82. The number of fused-ring (bicyclic) bond motifs is 4. The molecule has 0 amide bonds. The highest BCUT2D eigenvalue weighted by molar-refractivity contribution is 6.14. The number of pyridine rings is 1. The quantitative estimate of drug-likeness (QED) is 0.502. The van der Waals surface area contributed by atoms with E-state index in [1.165, 1.54) is 32.8 Å². The molecule has 25 heavy (non-hydrogen) atoms. The van der Waals surface area contributed by atoms with E-state index < -0.39 is 0 Å². The molecule has 0 saturated carbocycles. The molecule has 4 heteroatoms. The average molecular weight is 329 g/mol. The van der Waals surface area contributed by atoms with Crippen molar-refractivity contribution in [3.8, 4) is 11.8 Å². The molecular weight excluding hydrogens is 310 g/mol. The van der Waals surface area contributed by atoms with Crippen LogP contribution >= 0.6 is 0 Å². The number of rotatable bonds is 4. The van der Waals surface area contributed by atoms with Crippen molar-refractivity contribution in [3.05, 3.63) is 48.3 Å². The molecule has 4 rings (SSSR count). The Morgan fingerprint density at radius 3 is 2.88 bits per heavy atom. The summed E-state index contributed by atoms with van der Waals surface area (Å²) in [6.45, 7) is 2.73. The molecule has 0 N–H and O–H groups in total. The Kier molecular flexibility index (Phi) is 3.77. The number of hydrogen-bond acceptors (Lipinski definition) is 3. The maximum absolute atomic E-state index is 8.63. The zero-order valence-electron chi connectivity index (χ0n) is 14.4. The SMILES string of the molecule is Cc1c2ccncc2cc2c3cc(OCCCC#N)ccc3n(C)c12. The van der Waals surface area contributed by atoms with E-state index in [1.54, 1.807) is 0 Å². The smallest absolute Gasteiger partial charge is 0.120 e. The minimum atomic E-state index is 0.523. The summed E-state index contributed by atoms with van der Waals surface area (Å²) in [5, 5.41) is 13.4. The van der Waals surface area contributed by atoms with Crippen LogP contribution < -0.4 is 4.74 Å². The summed E-state index contributed by atoms with van der Waals surface area (Å²) in [4.78, 5) is 4.27. The first-order valence-corrected chi connectivity index (χ1v) is 8.46. The summed E-state index contributed by atoms with van der Waals surface area (Å²) in [6.07, 6.45) is 5.04. The van der Waals surface area contributed by atoms with Crippen molar-refractivity contribution in [1.29, 1.82) is 5.26 Å². The lowest BCUT2D eigenvalue weighted by molar-refractivity contribution is 0.313. The standard InChI is InChI=1S/C21H19N3O/c1-14-17-7-9-23-13-15(17)11-19-18-12-16(25-10-4-3-8-22)5-6-20(18)24(2)21(14)19/h5-7,9,11-13H,3-4,10H2,1-2H3. The van der Waals surface area contributed by atoms with E-state index in [-0.39, 0.29) is 0 Å². The van der Waals surface area contributed by atoms with Crippen LogP contribution in [-0.4, -0.2) is 16.2 Å². The number of nitriles is 1. The van der Waals surface area contributed by atoms with E-state index in [9.17, 15) is 0 Å². The van der Waals surface area contributed by atoms with Gasteiger partial charge in [-0.05, 0) is 54.6 Å². The van der Waals surface area contributed by atoms with Crippen molar-refractivity contribution < 1.29 is 4.74 Å². The molecule has 0 fully saturated rings. The number of aryl methyl sites for hydroxylation is 2. The summed E-state index contributed by atoms with van der Waals surface area (Å²) in [7, 11) is 2.11. The summed E-state index contributed by atoms with van der Waals surface area (Å²) >= 11 is 0. The molecule has 4 nitrogen and oxygen atoms in total. The number of unbranched alkanes of at least 4 members (excludes halogenated alkanes) is 1. The minimum absolute atomic E-state index is 0.523. The van der Waals surface area contributed by atoms with Crippen LogP contribution in [0.2, 0.25) is 0 Å². The van der Waals surface area contributed by atoms with E-state index in [4.69, 9.17) is 10.00 Å². The van der Waals surface area contributed by atoms with Gasteiger partial charge in [0.25, 0.3) is 0 Å². The van der Waals surface area contributed by atoms with Crippen molar-refractivity contribution in [2.24, 2.45) is 7.05 Å². The number of benzene rings is 2.